The Balaban J connectivity index is 1.27. The number of amides is 1. The van der Waals surface area contributed by atoms with Gasteiger partial charge in [-0.2, -0.15) is 4.98 Å². The first kappa shape index (κ1) is 14.2. The van der Waals surface area contributed by atoms with Gasteiger partial charge in [-0.25, -0.2) is 0 Å². The molecule has 1 aromatic carbocycles. The molecule has 0 radical (unpaired) electrons. The van der Waals surface area contributed by atoms with Gasteiger partial charge in [0.05, 0.1) is 5.92 Å². The zero-order chi connectivity index (χ0) is 15.8. The number of hydrogen-bond acceptors (Lipinski definition) is 5. The Hall–Kier alpha value is -2.37. The van der Waals surface area contributed by atoms with Crippen molar-refractivity contribution in [1.29, 1.82) is 0 Å². The average molecular weight is 313 g/mol. The summed E-state index contributed by atoms with van der Waals surface area (Å²) in [4.78, 5) is 18.4. The summed E-state index contributed by atoms with van der Waals surface area (Å²) in [6.07, 6.45) is 2.31. The van der Waals surface area contributed by atoms with Crippen molar-refractivity contribution in [2.75, 3.05) is 19.7 Å². The molecule has 2 fully saturated rings. The highest BCUT2D eigenvalue weighted by Crippen LogP contribution is 2.39. The van der Waals surface area contributed by atoms with Crippen LogP contribution in [0.5, 0.6) is 5.75 Å². The third-order valence-electron chi connectivity index (χ3n) is 4.43. The fraction of sp³-hybridized carbons (Fsp3) is 0.471. The van der Waals surface area contributed by atoms with Gasteiger partial charge >= 0.3 is 0 Å². The molecule has 2 aromatic rings. The molecule has 1 saturated heterocycles. The molecule has 1 aliphatic carbocycles. The molecule has 2 aliphatic rings. The average Bonchev–Trinajstić information content (AvgIpc) is 3.24. The second-order valence-corrected chi connectivity index (χ2v) is 6.31. The molecular formula is C17H19N3O3. The smallest absolute Gasteiger partial charge is 0.260 e. The largest absolute Gasteiger partial charge is 0.484 e. The zero-order valence-corrected chi connectivity index (χ0v) is 13.1. The molecule has 0 N–H and O–H groups in total. The van der Waals surface area contributed by atoms with Gasteiger partial charge < -0.3 is 14.2 Å². The number of aromatic nitrogens is 2. The van der Waals surface area contributed by atoms with Crippen molar-refractivity contribution in [2.24, 2.45) is 0 Å². The van der Waals surface area contributed by atoms with Gasteiger partial charge in [0.1, 0.15) is 5.75 Å². The normalized spacial score (nSPS) is 17.9. The van der Waals surface area contributed by atoms with E-state index >= 15 is 0 Å². The zero-order valence-electron chi connectivity index (χ0n) is 13.1. The molecule has 6 heteroatoms. The SMILES string of the molecule is Cc1ccccc1OCC(=O)N1CC(c2nc(C3CC3)no2)C1. The van der Waals surface area contributed by atoms with Gasteiger partial charge in [0.2, 0.25) is 5.89 Å². The van der Waals surface area contributed by atoms with Crippen LogP contribution in [0.25, 0.3) is 0 Å². The van der Waals surface area contributed by atoms with E-state index in [-0.39, 0.29) is 18.4 Å². The maximum Gasteiger partial charge on any atom is 0.260 e. The molecule has 4 rings (SSSR count). The summed E-state index contributed by atoms with van der Waals surface area (Å²) < 4.78 is 10.9. The van der Waals surface area contributed by atoms with E-state index in [1.165, 1.54) is 0 Å². The molecule has 1 amide bonds. The molecule has 0 atom stereocenters. The number of carbonyl (C=O) groups excluding carboxylic acids is 1. The first-order chi connectivity index (χ1) is 11.2. The van der Waals surface area contributed by atoms with E-state index in [0.29, 0.717) is 24.9 Å². The lowest BCUT2D eigenvalue weighted by Crippen LogP contribution is -2.50. The summed E-state index contributed by atoms with van der Waals surface area (Å²) in [6.45, 7) is 3.28. The van der Waals surface area contributed by atoms with E-state index in [4.69, 9.17) is 9.26 Å². The summed E-state index contributed by atoms with van der Waals surface area (Å²) >= 11 is 0. The minimum Gasteiger partial charge on any atom is -0.484 e. The van der Waals surface area contributed by atoms with E-state index in [2.05, 4.69) is 10.1 Å². The number of benzene rings is 1. The van der Waals surface area contributed by atoms with Crippen LogP contribution in [-0.4, -0.2) is 40.6 Å². The number of ether oxygens (including phenoxy) is 1. The van der Waals surface area contributed by atoms with Gasteiger partial charge in [-0.15, -0.1) is 0 Å². The maximum atomic E-state index is 12.1. The number of carbonyl (C=O) groups is 1. The van der Waals surface area contributed by atoms with Crippen molar-refractivity contribution in [3.05, 3.63) is 41.5 Å². The summed E-state index contributed by atoms with van der Waals surface area (Å²) in [6, 6.07) is 7.69. The number of aryl methyl sites for hydroxylation is 1. The van der Waals surface area contributed by atoms with Crippen LogP contribution >= 0.6 is 0 Å². The topological polar surface area (TPSA) is 68.5 Å². The van der Waals surface area contributed by atoms with E-state index in [1.807, 2.05) is 31.2 Å². The second kappa shape index (κ2) is 5.68. The Morgan fingerprint density at radius 1 is 1.30 bits per heavy atom. The molecule has 0 bridgehead atoms. The van der Waals surface area contributed by atoms with Gasteiger partial charge in [0.25, 0.3) is 5.91 Å². The lowest BCUT2D eigenvalue weighted by molar-refractivity contribution is -0.138. The minimum absolute atomic E-state index is 0.00793. The van der Waals surface area contributed by atoms with Crippen LogP contribution in [0.15, 0.2) is 28.8 Å². The van der Waals surface area contributed by atoms with Crippen LogP contribution in [0.2, 0.25) is 0 Å². The number of hydrogen-bond donors (Lipinski definition) is 0. The third-order valence-corrected chi connectivity index (χ3v) is 4.43. The van der Waals surface area contributed by atoms with E-state index in [1.54, 1.807) is 4.90 Å². The molecular weight excluding hydrogens is 294 g/mol. The first-order valence-corrected chi connectivity index (χ1v) is 8.00. The highest BCUT2D eigenvalue weighted by Gasteiger charge is 2.37. The first-order valence-electron chi connectivity index (χ1n) is 8.00. The van der Waals surface area contributed by atoms with E-state index in [0.717, 1.165) is 30.0 Å². The van der Waals surface area contributed by atoms with Crippen molar-refractivity contribution >= 4 is 5.91 Å². The van der Waals surface area contributed by atoms with Crippen molar-refractivity contribution in [1.82, 2.24) is 15.0 Å². The lowest BCUT2D eigenvalue weighted by Gasteiger charge is -2.36. The molecule has 2 heterocycles. The highest BCUT2D eigenvalue weighted by atomic mass is 16.5. The van der Waals surface area contributed by atoms with Crippen molar-refractivity contribution < 1.29 is 14.1 Å². The quantitative estimate of drug-likeness (QED) is 0.847. The van der Waals surface area contributed by atoms with E-state index in [9.17, 15) is 4.79 Å². The van der Waals surface area contributed by atoms with E-state index < -0.39 is 0 Å². The van der Waals surface area contributed by atoms with Crippen molar-refractivity contribution in [3.8, 4) is 5.75 Å². The van der Waals surface area contributed by atoms with Gasteiger partial charge in [-0.05, 0) is 31.4 Å². The Labute approximate surface area is 134 Å². The van der Waals surface area contributed by atoms with Crippen LogP contribution in [0.3, 0.4) is 0 Å². The number of likely N-dealkylation sites (tertiary alicyclic amines) is 1. The number of rotatable bonds is 5. The molecule has 23 heavy (non-hydrogen) atoms. The maximum absolute atomic E-state index is 12.1. The molecule has 0 unspecified atom stereocenters. The van der Waals surface area contributed by atoms with Crippen LogP contribution in [0.1, 0.15) is 42.0 Å². The molecule has 1 aromatic heterocycles. The monoisotopic (exact) mass is 313 g/mol. The standard InChI is InChI=1S/C17H19N3O3/c1-11-4-2-3-5-14(11)22-10-15(21)20-8-13(9-20)17-18-16(19-23-17)12-6-7-12/h2-5,12-13H,6-10H2,1H3. The Morgan fingerprint density at radius 3 is 2.83 bits per heavy atom. The van der Waals surface area contributed by atoms with Gasteiger partial charge in [-0.1, -0.05) is 23.4 Å². The fourth-order valence-corrected chi connectivity index (χ4v) is 2.71. The molecule has 1 saturated carbocycles. The summed E-state index contributed by atoms with van der Waals surface area (Å²) in [5, 5.41) is 4.02. The summed E-state index contributed by atoms with van der Waals surface area (Å²) in [5.41, 5.74) is 1.03. The summed E-state index contributed by atoms with van der Waals surface area (Å²) in [5.74, 6) is 2.89. The molecule has 0 spiro atoms. The Morgan fingerprint density at radius 2 is 2.09 bits per heavy atom. The second-order valence-electron chi connectivity index (χ2n) is 6.31. The summed E-state index contributed by atoms with van der Waals surface area (Å²) in [7, 11) is 0. The van der Waals surface area contributed by atoms with Crippen LogP contribution in [0, 0.1) is 6.92 Å². The fourth-order valence-electron chi connectivity index (χ4n) is 2.71. The van der Waals surface area contributed by atoms with Gasteiger partial charge in [-0.3, -0.25) is 4.79 Å². The molecule has 120 valence electrons. The Kier molecular flexibility index (Phi) is 3.52. The van der Waals surface area contributed by atoms with Gasteiger partial charge in [0, 0.05) is 19.0 Å². The van der Waals surface area contributed by atoms with Gasteiger partial charge in [0.15, 0.2) is 12.4 Å². The lowest BCUT2D eigenvalue weighted by atomic mass is 10.0. The minimum atomic E-state index is -0.00793. The van der Waals surface area contributed by atoms with Crippen LogP contribution in [0.4, 0.5) is 0 Å². The van der Waals surface area contributed by atoms with Crippen LogP contribution in [-0.2, 0) is 4.79 Å². The van der Waals surface area contributed by atoms with Crippen molar-refractivity contribution in [3.63, 3.8) is 0 Å². The molecule has 6 nitrogen and oxygen atoms in total. The highest BCUT2D eigenvalue weighted by molar-refractivity contribution is 5.78. The number of para-hydroxylation sites is 1. The third kappa shape index (κ3) is 2.93. The molecule has 1 aliphatic heterocycles. The van der Waals surface area contributed by atoms with Crippen molar-refractivity contribution in [2.45, 2.75) is 31.6 Å². The Bertz CT molecular complexity index is 717. The number of nitrogens with zero attached hydrogens (tertiary/aromatic N) is 3. The van der Waals surface area contributed by atoms with Crippen LogP contribution < -0.4 is 4.74 Å². The predicted molar refractivity (Wildman–Crippen MR) is 82.3 cm³/mol. The predicted octanol–water partition coefficient (Wildman–Crippen LogP) is 2.26.